The molecular formula is C26H34N4O4. The molecule has 182 valence electrons. The number of pyridine rings is 1. The van der Waals surface area contributed by atoms with Crippen molar-refractivity contribution in [1.82, 2.24) is 9.88 Å². The van der Waals surface area contributed by atoms with Crippen molar-refractivity contribution in [1.29, 1.82) is 0 Å². The number of nitrogens with zero attached hydrogens (tertiary/aromatic N) is 2. The fourth-order valence-corrected chi connectivity index (χ4v) is 4.03. The Labute approximate surface area is 201 Å². The lowest BCUT2D eigenvalue weighted by molar-refractivity contribution is -0.147. The highest BCUT2D eigenvalue weighted by atomic mass is 16.6. The Balaban J connectivity index is 1.71. The monoisotopic (exact) mass is 466 g/mol. The van der Waals surface area contributed by atoms with Crippen LogP contribution in [0.25, 0.3) is 0 Å². The van der Waals surface area contributed by atoms with Crippen LogP contribution < -0.4 is 10.6 Å². The second-order valence-electron chi connectivity index (χ2n) is 10.0. The summed E-state index contributed by atoms with van der Waals surface area (Å²) in [6.45, 7) is 11.9. The average Bonchev–Trinajstić information content (AvgIpc) is 2.76. The number of likely N-dealkylation sites (tertiary alicyclic amines) is 1. The Morgan fingerprint density at radius 3 is 2.35 bits per heavy atom. The summed E-state index contributed by atoms with van der Waals surface area (Å²) in [4.78, 5) is 44.0. The minimum Gasteiger partial charge on any atom is -0.444 e. The first-order valence-corrected chi connectivity index (χ1v) is 11.6. The van der Waals surface area contributed by atoms with Crippen LogP contribution in [-0.2, 0) is 14.3 Å². The van der Waals surface area contributed by atoms with Crippen LogP contribution in [0.3, 0.4) is 0 Å². The summed E-state index contributed by atoms with van der Waals surface area (Å²) >= 11 is 0. The summed E-state index contributed by atoms with van der Waals surface area (Å²) in [6, 6.07) is 11.3. The molecule has 1 fully saturated rings. The number of rotatable bonds is 3. The molecule has 2 aromatic rings. The number of aromatic nitrogens is 1. The third-order valence-corrected chi connectivity index (χ3v) is 6.02. The van der Waals surface area contributed by atoms with Crippen molar-refractivity contribution < 1.29 is 19.1 Å². The predicted octanol–water partition coefficient (Wildman–Crippen LogP) is 4.92. The van der Waals surface area contributed by atoms with Crippen LogP contribution in [-0.4, -0.2) is 39.9 Å². The van der Waals surface area contributed by atoms with Crippen molar-refractivity contribution in [3.8, 4) is 0 Å². The van der Waals surface area contributed by atoms with Gasteiger partial charge >= 0.3 is 17.9 Å². The van der Waals surface area contributed by atoms with Crippen molar-refractivity contribution in [3.63, 3.8) is 0 Å². The van der Waals surface area contributed by atoms with Gasteiger partial charge in [-0.1, -0.05) is 44.2 Å². The highest BCUT2D eigenvalue weighted by Crippen LogP contribution is 2.37. The van der Waals surface area contributed by atoms with Crippen LogP contribution in [0.2, 0.25) is 0 Å². The van der Waals surface area contributed by atoms with Crippen LogP contribution in [0.4, 0.5) is 16.3 Å². The molecule has 8 heteroatoms. The van der Waals surface area contributed by atoms with Crippen LogP contribution in [0.1, 0.15) is 58.2 Å². The number of hydrogen-bond acceptors (Lipinski definition) is 5. The molecular weight excluding hydrogens is 432 g/mol. The lowest BCUT2D eigenvalue weighted by Crippen LogP contribution is -2.48. The molecule has 1 saturated heterocycles. The van der Waals surface area contributed by atoms with E-state index in [0.717, 1.165) is 12.0 Å². The van der Waals surface area contributed by atoms with Crippen molar-refractivity contribution in [2.45, 2.75) is 59.6 Å². The molecule has 0 radical (unpaired) electrons. The van der Waals surface area contributed by atoms with Gasteiger partial charge in [0.1, 0.15) is 11.4 Å². The lowest BCUT2D eigenvalue weighted by atomic mass is 9.82. The molecule has 0 spiro atoms. The summed E-state index contributed by atoms with van der Waals surface area (Å²) in [6.07, 6.45) is 1.59. The molecule has 8 nitrogen and oxygen atoms in total. The number of carbonyl (C=O) groups excluding carboxylic acids is 3. The van der Waals surface area contributed by atoms with E-state index in [-0.39, 0.29) is 6.04 Å². The van der Waals surface area contributed by atoms with Crippen molar-refractivity contribution >= 4 is 29.4 Å². The van der Waals surface area contributed by atoms with Crippen LogP contribution in [0, 0.1) is 18.8 Å². The van der Waals surface area contributed by atoms with E-state index >= 15 is 0 Å². The zero-order chi connectivity index (χ0) is 25.0. The Morgan fingerprint density at radius 2 is 1.74 bits per heavy atom. The van der Waals surface area contributed by atoms with Crippen molar-refractivity contribution in [2.24, 2.45) is 11.8 Å². The van der Waals surface area contributed by atoms with E-state index in [4.69, 9.17) is 4.74 Å². The largest absolute Gasteiger partial charge is 0.444 e. The Bertz CT molecular complexity index is 1050. The van der Waals surface area contributed by atoms with E-state index in [0.29, 0.717) is 35.4 Å². The first-order chi connectivity index (χ1) is 15.9. The zero-order valence-electron chi connectivity index (χ0n) is 20.7. The van der Waals surface area contributed by atoms with Gasteiger partial charge in [0, 0.05) is 6.54 Å². The van der Waals surface area contributed by atoms with Gasteiger partial charge in [0.25, 0.3) is 0 Å². The molecule has 2 N–H and O–H groups in total. The SMILES string of the molecule is Cc1cc(NC(=O)C(=O)N2CC(C)C(C)CC2c2ccccc2)cnc1NC(=O)OC(C)(C)C. The normalized spacial score (nSPS) is 20.4. The maximum absolute atomic E-state index is 13.2. The maximum Gasteiger partial charge on any atom is 0.413 e. The number of ether oxygens (including phenoxy) is 1. The Hall–Kier alpha value is -3.42. The second kappa shape index (κ2) is 10.2. The van der Waals surface area contributed by atoms with E-state index < -0.39 is 23.5 Å². The number of hydrogen-bond donors (Lipinski definition) is 2. The number of carbonyl (C=O) groups is 3. The molecule has 1 aliphatic heterocycles. The van der Waals surface area contributed by atoms with E-state index in [2.05, 4.69) is 29.5 Å². The third kappa shape index (κ3) is 6.34. The number of nitrogens with one attached hydrogen (secondary N) is 2. The summed E-state index contributed by atoms with van der Waals surface area (Å²) < 4.78 is 5.24. The minimum absolute atomic E-state index is 0.147. The van der Waals surface area contributed by atoms with Gasteiger partial charge in [-0.25, -0.2) is 9.78 Å². The van der Waals surface area contributed by atoms with E-state index in [9.17, 15) is 14.4 Å². The predicted molar refractivity (Wildman–Crippen MR) is 131 cm³/mol. The first kappa shape index (κ1) is 25.2. The van der Waals surface area contributed by atoms with Crippen LogP contribution in [0.5, 0.6) is 0 Å². The summed E-state index contributed by atoms with van der Waals surface area (Å²) in [5, 5.41) is 5.25. The van der Waals surface area contributed by atoms with Gasteiger partial charge in [-0.15, -0.1) is 0 Å². The highest BCUT2D eigenvalue weighted by Gasteiger charge is 2.37. The molecule has 1 aromatic heterocycles. The van der Waals surface area contributed by atoms with Gasteiger partial charge in [0.15, 0.2) is 0 Å². The molecule has 0 saturated carbocycles. The molecule has 0 aliphatic carbocycles. The molecule has 2 heterocycles. The molecule has 3 rings (SSSR count). The van der Waals surface area contributed by atoms with E-state index in [1.807, 2.05) is 30.3 Å². The molecule has 3 unspecified atom stereocenters. The molecule has 3 amide bonds. The van der Waals surface area contributed by atoms with Gasteiger partial charge in [-0.2, -0.15) is 0 Å². The molecule has 3 atom stereocenters. The Morgan fingerprint density at radius 1 is 1.06 bits per heavy atom. The smallest absolute Gasteiger partial charge is 0.413 e. The third-order valence-electron chi connectivity index (χ3n) is 6.02. The van der Waals surface area contributed by atoms with Crippen LogP contribution >= 0.6 is 0 Å². The summed E-state index contributed by atoms with van der Waals surface area (Å²) in [5.41, 5.74) is 1.39. The zero-order valence-corrected chi connectivity index (χ0v) is 20.7. The quantitative estimate of drug-likeness (QED) is 0.625. The van der Waals surface area contributed by atoms with Gasteiger partial charge in [-0.05, 0) is 63.1 Å². The molecule has 34 heavy (non-hydrogen) atoms. The fourth-order valence-electron chi connectivity index (χ4n) is 4.03. The number of piperidine rings is 1. The maximum atomic E-state index is 13.2. The second-order valence-corrected chi connectivity index (χ2v) is 10.0. The fraction of sp³-hybridized carbons (Fsp3) is 0.462. The average molecular weight is 467 g/mol. The van der Waals surface area contributed by atoms with E-state index in [1.54, 1.807) is 38.7 Å². The number of amides is 3. The van der Waals surface area contributed by atoms with E-state index in [1.165, 1.54) is 6.20 Å². The molecule has 0 bridgehead atoms. The van der Waals surface area contributed by atoms with Crippen LogP contribution in [0.15, 0.2) is 42.6 Å². The van der Waals surface area contributed by atoms with Gasteiger partial charge in [-0.3, -0.25) is 14.9 Å². The standard InChI is InChI=1S/C26H34N4O4/c1-16-13-21(19-10-8-7-9-11-19)30(15-18(16)3)24(32)23(31)28-20-12-17(2)22(27-14-20)29-25(33)34-26(4,5)6/h7-12,14,16,18,21H,13,15H2,1-6H3,(H,28,31)(H,27,29,33). The van der Waals surface area contributed by atoms with Gasteiger partial charge in [0.05, 0.1) is 17.9 Å². The van der Waals surface area contributed by atoms with Crippen molar-refractivity contribution in [2.75, 3.05) is 17.2 Å². The first-order valence-electron chi connectivity index (χ1n) is 11.6. The summed E-state index contributed by atoms with van der Waals surface area (Å²) in [5.74, 6) is -0.229. The lowest BCUT2D eigenvalue weighted by Gasteiger charge is -2.42. The number of anilines is 2. The molecule has 1 aromatic carbocycles. The molecule has 1 aliphatic rings. The van der Waals surface area contributed by atoms with Crippen molar-refractivity contribution in [3.05, 3.63) is 53.7 Å². The van der Waals surface area contributed by atoms with Gasteiger partial charge < -0.3 is 15.0 Å². The summed E-state index contributed by atoms with van der Waals surface area (Å²) in [7, 11) is 0. The topological polar surface area (TPSA) is 101 Å². The minimum atomic E-state index is -0.711. The number of aryl methyl sites for hydroxylation is 1. The number of benzene rings is 1. The Kier molecular flexibility index (Phi) is 7.59. The van der Waals surface area contributed by atoms with Gasteiger partial charge in [0.2, 0.25) is 0 Å². The highest BCUT2D eigenvalue weighted by molar-refractivity contribution is 6.39.